The molecule has 0 bridgehead atoms. The fourth-order valence-electron chi connectivity index (χ4n) is 3.95. The summed E-state index contributed by atoms with van der Waals surface area (Å²) in [6, 6.07) is 21.5. The fraction of sp³-hybridized carbons (Fsp3) is 0.208. The van der Waals surface area contributed by atoms with Crippen LogP contribution in [0.3, 0.4) is 0 Å². The molecule has 4 rings (SSSR count). The van der Waals surface area contributed by atoms with Crippen LogP contribution in [0.15, 0.2) is 77.7 Å². The molecule has 0 aromatic heterocycles. The Morgan fingerprint density at radius 3 is 2.37 bits per heavy atom. The monoisotopic (exact) mass is 420 g/mol. The highest BCUT2D eigenvalue weighted by molar-refractivity contribution is 7.92. The minimum atomic E-state index is -3.73. The van der Waals surface area contributed by atoms with Crippen LogP contribution in [-0.4, -0.2) is 26.3 Å². The molecule has 0 heterocycles. The molecule has 0 aliphatic heterocycles. The predicted octanol–water partition coefficient (Wildman–Crippen LogP) is 4.56. The molecule has 0 radical (unpaired) electrons. The van der Waals surface area contributed by atoms with Gasteiger partial charge in [-0.15, -0.1) is 0 Å². The maximum absolute atomic E-state index is 13.0. The van der Waals surface area contributed by atoms with E-state index in [2.05, 4.69) is 16.9 Å². The lowest BCUT2D eigenvalue weighted by Gasteiger charge is -2.25. The number of benzene rings is 3. The van der Waals surface area contributed by atoms with E-state index >= 15 is 0 Å². The van der Waals surface area contributed by atoms with E-state index in [9.17, 15) is 13.2 Å². The van der Waals surface area contributed by atoms with Crippen molar-refractivity contribution in [1.82, 2.24) is 4.90 Å². The maximum Gasteiger partial charge on any atom is 0.261 e. The van der Waals surface area contributed by atoms with Crippen LogP contribution in [0, 0.1) is 6.92 Å². The molecule has 0 fully saturated rings. The van der Waals surface area contributed by atoms with E-state index in [1.54, 1.807) is 36.2 Å². The van der Waals surface area contributed by atoms with Crippen LogP contribution in [-0.2, 0) is 16.4 Å². The van der Waals surface area contributed by atoms with E-state index in [1.165, 1.54) is 23.3 Å². The van der Waals surface area contributed by atoms with Crippen molar-refractivity contribution < 1.29 is 13.2 Å². The van der Waals surface area contributed by atoms with Gasteiger partial charge in [-0.1, -0.05) is 42.5 Å². The van der Waals surface area contributed by atoms with E-state index < -0.39 is 10.0 Å². The summed E-state index contributed by atoms with van der Waals surface area (Å²) < 4.78 is 28.0. The van der Waals surface area contributed by atoms with Gasteiger partial charge >= 0.3 is 0 Å². The lowest BCUT2D eigenvalue weighted by atomic mass is 10.1. The van der Waals surface area contributed by atoms with Crippen LogP contribution >= 0.6 is 0 Å². The normalized spacial score (nSPS) is 15.5. The van der Waals surface area contributed by atoms with Crippen molar-refractivity contribution in [1.29, 1.82) is 0 Å². The quantitative estimate of drug-likeness (QED) is 0.658. The smallest absolute Gasteiger partial charge is 0.261 e. The third kappa shape index (κ3) is 3.83. The number of hydrogen-bond donors (Lipinski definition) is 1. The first-order chi connectivity index (χ1) is 14.4. The van der Waals surface area contributed by atoms with Crippen molar-refractivity contribution in [2.75, 3.05) is 11.8 Å². The molecule has 5 nitrogen and oxygen atoms in total. The second-order valence-electron chi connectivity index (χ2n) is 7.61. The number of sulfonamides is 1. The molecule has 3 aromatic rings. The summed E-state index contributed by atoms with van der Waals surface area (Å²) in [5, 5.41) is 0. The van der Waals surface area contributed by atoms with Gasteiger partial charge < -0.3 is 4.90 Å². The topological polar surface area (TPSA) is 66.5 Å². The molecule has 0 spiro atoms. The van der Waals surface area contributed by atoms with Crippen molar-refractivity contribution in [3.63, 3.8) is 0 Å². The number of fused-ring (bicyclic) bond motifs is 1. The van der Waals surface area contributed by atoms with Crippen LogP contribution in [0.25, 0.3) is 0 Å². The Bertz CT molecular complexity index is 1190. The van der Waals surface area contributed by atoms with Gasteiger partial charge in [-0.3, -0.25) is 9.52 Å². The first-order valence-corrected chi connectivity index (χ1v) is 11.4. The summed E-state index contributed by atoms with van der Waals surface area (Å²) in [6.07, 6.45) is 1.86. The molecule has 3 aromatic carbocycles. The van der Waals surface area contributed by atoms with E-state index in [4.69, 9.17) is 0 Å². The molecule has 1 aliphatic rings. The Kier molecular flexibility index (Phi) is 5.35. The van der Waals surface area contributed by atoms with Crippen LogP contribution in [0.4, 0.5) is 5.69 Å². The molecule has 0 saturated heterocycles. The van der Waals surface area contributed by atoms with Crippen LogP contribution in [0.5, 0.6) is 0 Å². The number of nitrogens with one attached hydrogen (secondary N) is 1. The highest BCUT2D eigenvalue weighted by atomic mass is 32.2. The minimum Gasteiger partial charge on any atom is -0.335 e. The van der Waals surface area contributed by atoms with Crippen molar-refractivity contribution in [3.8, 4) is 0 Å². The molecule has 30 heavy (non-hydrogen) atoms. The summed E-state index contributed by atoms with van der Waals surface area (Å²) in [7, 11) is -1.92. The van der Waals surface area contributed by atoms with Gasteiger partial charge in [0.05, 0.1) is 16.6 Å². The number of para-hydroxylation sites is 1. The molecular formula is C24H24N2O3S. The van der Waals surface area contributed by atoms with Gasteiger partial charge in [0.2, 0.25) is 0 Å². The summed E-state index contributed by atoms with van der Waals surface area (Å²) in [5.74, 6) is -0.118. The predicted molar refractivity (Wildman–Crippen MR) is 118 cm³/mol. The number of carbonyl (C=O) groups is 1. The third-order valence-electron chi connectivity index (χ3n) is 5.69. The number of rotatable bonds is 5. The Labute approximate surface area is 177 Å². The van der Waals surface area contributed by atoms with Crippen LogP contribution < -0.4 is 4.72 Å². The molecule has 154 valence electrons. The second kappa shape index (κ2) is 7.95. The summed E-state index contributed by atoms with van der Waals surface area (Å²) >= 11 is 0. The maximum atomic E-state index is 13.0. The van der Waals surface area contributed by atoms with E-state index in [0.29, 0.717) is 11.3 Å². The number of aryl methyl sites for hydroxylation is 2. The number of nitrogens with zero attached hydrogens (tertiary/aromatic N) is 1. The highest BCUT2D eigenvalue weighted by Crippen LogP contribution is 2.35. The summed E-state index contributed by atoms with van der Waals surface area (Å²) in [6.45, 7) is 1.84. The number of hydrogen-bond acceptors (Lipinski definition) is 3. The van der Waals surface area contributed by atoms with E-state index in [-0.39, 0.29) is 16.8 Å². The molecule has 6 heteroatoms. The molecule has 1 atom stereocenters. The average Bonchev–Trinajstić information content (AvgIpc) is 3.18. The van der Waals surface area contributed by atoms with Crippen molar-refractivity contribution in [3.05, 3.63) is 95.1 Å². The zero-order valence-corrected chi connectivity index (χ0v) is 17.8. The Morgan fingerprint density at radius 1 is 0.967 bits per heavy atom. The second-order valence-corrected chi connectivity index (χ2v) is 9.30. The Balaban J connectivity index is 1.52. The zero-order chi connectivity index (χ0) is 21.3. The third-order valence-corrected chi connectivity index (χ3v) is 7.07. The van der Waals surface area contributed by atoms with Crippen molar-refractivity contribution >= 4 is 21.6 Å². The highest BCUT2D eigenvalue weighted by Gasteiger charge is 2.29. The van der Waals surface area contributed by atoms with Gasteiger partial charge in [0.1, 0.15) is 0 Å². The van der Waals surface area contributed by atoms with Gasteiger partial charge in [0, 0.05) is 12.6 Å². The lowest BCUT2D eigenvalue weighted by Crippen LogP contribution is -2.30. The Hall–Kier alpha value is -3.12. The number of carbonyl (C=O) groups excluding carboxylic acids is 1. The molecule has 0 saturated carbocycles. The van der Waals surface area contributed by atoms with Crippen molar-refractivity contribution in [2.24, 2.45) is 0 Å². The van der Waals surface area contributed by atoms with Crippen LogP contribution in [0.2, 0.25) is 0 Å². The summed E-state index contributed by atoms with van der Waals surface area (Å²) in [4.78, 5) is 14.9. The molecule has 1 unspecified atom stereocenters. The van der Waals surface area contributed by atoms with Crippen LogP contribution in [0.1, 0.15) is 39.5 Å². The molecular weight excluding hydrogens is 396 g/mol. The number of amides is 1. The molecule has 1 N–H and O–H groups in total. The first-order valence-electron chi connectivity index (χ1n) is 9.90. The van der Waals surface area contributed by atoms with E-state index in [0.717, 1.165) is 18.4 Å². The van der Waals surface area contributed by atoms with E-state index in [1.807, 2.05) is 31.2 Å². The largest absolute Gasteiger partial charge is 0.335 e. The molecule has 1 amide bonds. The summed E-state index contributed by atoms with van der Waals surface area (Å²) in [5.41, 5.74) is 4.32. The zero-order valence-electron chi connectivity index (χ0n) is 17.0. The van der Waals surface area contributed by atoms with Gasteiger partial charge in [-0.25, -0.2) is 8.42 Å². The standard InChI is InChI=1S/C24H24N2O3S/c1-17-7-3-6-10-22(17)25-30(28,29)20-14-11-19(12-15-20)24(27)26(2)23-16-13-18-8-4-5-9-21(18)23/h3-12,14-15,23,25H,13,16H2,1-2H3. The lowest BCUT2D eigenvalue weighted by molar-refractivity contribution is 0.0730. The van der Waals surface area contributed by atoms with Gasteiger partial charge in [0.15, 0.2) is 0 Å². The van der Waals surface area contributed by atoms with Gasteiger partial charge in [-0.2, -0.15) is 0 Å². The number of anilines is 1. The first kappa shape index (κ1) is 20.2. The Morgan fingerprint density at radius 2 is 1.63 bits per heavy atom. The van der Waals surface area contributed by atoms with Gasteiger partial charge in [0.25, 0.3) is 15.9 Å². The van der Waals surface area contributed by atoms with Crippen molar-refractivity contribution in [2.45, 2.75) is 30.7 Å². The van der Waals surface area contributed by atoms with Gasteiger partial charge in [-0.05, 0) is 66.8 Å². The minimum absolute atomic E-state index is 0.0415. The molecule has 1 aliphatic carbocycles. The average molecular weight is 421 g/mol. The SMILES string of the molecule is Cc1ccccc1NS(=O)(=O)c1ccc(C(=O)N(C)C2CCc3ccccc32)cc1. The fourth-order valence-corrected chi connectivity index (χ4v) is 5.08.